The molecule has 0 aliphatic rings. The number of rotatable bonds is 53. The zero-order valence-corrected chi connectivity index (χ0v) is 166. The van der Waals surface area contributed by atoms with E-state index in [0.717, 1.165) is 15.9 Å². The van der Waals surface area contributed by atoms with Gasteiger partial charge in [-0.3, -0.25) is 0 Å². The quantitative estimate of drug-likeness (QED) is 0.0533. The van der Waals surface area contributed by atoms with E-state index in [1.165, 1.54) is 0 Å². The molecule has 0 aliphatic carbocycles. The van der Waals surface area contributed by atoms with Gasteiger partial charge in [-0.15, -0.1) is 482 Å². The second-order valence-corrected chi connectivity index (χ2v) is 465. The Hall–Kier alpha value is 46.4. The summed E-state index contributed by atoms with van der Waals surface area (Å²) in [5.74, 6) is 0. The average Bonchev–Trinajstić information content (AvgIpc) is 0.723. The van der Waals surface area contributed by atoms with Gasteiger partial charge in [0.2, 0.25) is 0 Å². The van der Waals surface area contributed by atoms with Crippen molar-refractivity contribution in [2.24, 2.45) is 0 Å². The van der Waals surface area contributed by atoms with Crippen LogP contribution in [0.2, 0.25) is 0 Å². The maximum Gasteiger partial charge on any atom is -0.000359 e. The molecular formula is H110P108. The van der Waals surface area contributed by atoms with Crippen molar-refractivity contribution in [1.29, 1.82) is 0 Å². The second-order valence-electron chi connectivity index (χ2n) is 17.2. The largest absolute Gasteiger partial charge is 0.109 e. The summed E-state index contributed by atoms with van der Waals surface area (Å²) >= 11 is 0. The molecule has 0 aromatic rings. The van der Waals surface area contributed by atoms with E-state index in [9.17, 15) is 0 Å². The standard InChI is InChI=1S/H110P108/c1-55-83(54)99(86(57(2)3)58(4)5)101(104(89(63(14)15)64(16)17)90(65(18)19)66(20)21)84(100(87(59(6)7)60(8)9)88(61(10)11)62(12)13)56-85(102(105(91(67(22)23)68(24)25)92(69(26)27)70(28)29)106(93(71(30)31)72(32)33)94(73(34)35)74(36)37)103(107(95(75(38)39)76(40)41)96(77(42)43)78(44)45)108(97(79(46)47)80(48)49)98(81(50)51)82(52)53/h55-56H,1-54H2. The van der Waals surface area contributed by atoms with Gasteiger partial charge in [0.1, 0.15) is 0 Å². The van der Waals surface area contributed by atoms with Crippen molar-refractivity contribution < 1.29 is 0 Å². The minimum absolute atomic E-state index is 0.343. The highest BCUT2D eigenvalue weighted by Crippen LogP contribution is 3.52. The Morgan fingerprint density at radius 1 is 0.102 bits per heavy atom. The number of hydrogen-bond donors (Lipinski definition) is 0. The highest BCUT2D eigenvalue weighted by Gasteiger charge is 2.65. The van der Waals surface area contributed by atoms with E-state index in [-0.39, 0.29) is 41.9 Å². The molecule has 0 saturated heterocycles. The van der Waals surface area contributed by atoms with Crippen molar-refractivity contribution >= 4 is 861 Å². The van der Waals surface area contributed by atoms with Crippen LogP contribution in [0, 0.1) is 0 Å². The van der Waals surface area contributed by atoms with Crippen molar-refractivity contribution in [3.05, 3.63) is 0 Å². The topological polar surface area (TPSA) is 0 Å². The maximum absolute atomic E-state index is 4.01. The zero-order chi connectivity index (χ0) is 85.4. The van der Waals surface area contributed by atoms with Gasteiger partial charge < -0.3 is 0 Å². The lowest BCUT2D eigenvalue weighted by molar-refractivity contribution is 4.32. The van der Waals surface area contributed by atoms with E-state index in [2.05, 4.69) is 482 Å². The van der Waals surface area contributed by atoms with Gasteiger partial charge in [-0.25, -0.2) is 0 Å². The Balaban J connectivity index is 14.6. The summed E-state index contributed by atoms with van der Waals surface area (Å²) in [4.78, 5) is 0. The average molecular weight is 3460 g/mol. The molecule has 650 valence electrons. The van der Waals surface area contributed by atoms with Crippen LogP contribution in [0.3, 0.4) is 0 Å². The van der Waals surface area contributed by atoms with E-state index in [1.807, 2.05) is 0 Å². The molecule has 0 aliphatic heterocycles. The summed E-state index contributed by atoms with van der Waals surface area (Å²) in [6.45, 7) is -22.4. The summed E-state index contributed by atoms with van der Waals surface area (Å²) in [6.07, 6.45) is 0. The highest BCUT2D eigenvalue weighted by molar-refractivity contribution is 9.58. The predicted octanol–water partition coefficient (Wildman–Crippen LogP) is 63.6. The summed E-state index contributed by atoms with van der Waals surface area (Å²) in [6, 6.07) is 0. The van der Waals surface area contributed by atoms with Crippen LogP contribution in [0.4, 0.5) is 0 Å². The Bertz CT molecular complexity index is 1850. The Morgan fingerprint density at radius 3 is 0.287 bits per heavy atom. The Kier molecular flexibility index (Phi) is 122. The van der Waals surface area contributed by atoms with Crippen LogP contribution in [-0.2, 0) is 0 Å². The molecule has 0 spiro atoms. The first-order chi connectivity index (χ1) is 49.2. The van der Waals surface area contributed by atoms with Crippen LogP contribution in [0.15, 0.2) is 0 Å². The molecule has 108 heavy (non-hydrogen) atoms. The number of hydrogen-bond acceptors (Lipinski definition) is 0. The highest BCUT2D eigenvalue weighted by atomic mass is 33.6. The van der Waals surface area contributed by atoms with Gasteiger partial charge in [0.25, 0.3) is 0 Å². The van der Waals surface area contributed by atoms with Gasteiger partial charge in [-0.2, -0.15) is 0 Å². The van der Waals surface area contributed by atoms with E-state index >= 15 is 0 Å². The van der Waals surface area contributed by atoms with Crippen molar-refractivity contribution in [3.63, 3.8) is 0 Å². The molecule has 0 saturated carbocycles. The first kappa shape index (κ1) is 154. The molecular weight excluding hydrogens is 3350 g/mol. The first-order valence-corrected chi connectivity index (χ1v) is 222. The van der Waals surface area contributed by atoms with Crippen molar-refractivity contribution in [2.45, 2.75) is 0 Å². The molecule has 0 nitrogen and oxygen atoms in total. The molecule has 0 rings (SSSR count). The van der Waals surface area contributed by atoms with Crippen molar-refractivity contribution in [1.82, 2.24) is 0 Å². The fraction of sp³-hybridized carbons (Fsp3) is 0. The molecule has 60 atom stereocenters. The van der Waals surface area contributed by atoms with Gasteiger partial charge >= 0.3 is 0 Å². The summed E-state index contributed by atoms with van der Waals surface area (Å²) in [7, 11) is 207. The normalized spacial score (nSPS) is 15.9. The van der Waals surface area contributed by atoms with Gasteiger partial charge in [0, 0.05) is 0 Å². The van der Waals surface area contributed by atoms with Crippen LogP contribution in [0.1, 0.15) is 0 Å². The second kappa shape index (κ2) is 85.3. The Labute approximate surface area is 847 Å². The van der Waals surface area contributed by atoms with Crippen LogP contribution in [0.25, 0.3) is 0 Å². The molecule has 0 heterocycles. The van der Waals surface area contributed by atoms with Gasteiger partial charge in [-0.1, -0.05) is 7.96 Å². The summed E-state index contributed by atoms with van der Waals surface area (Å²) < 4.78 is 0. The van der Waals surface area contributed by atoms with Gasteiger partial charge in [0.05, 0.1) is 0 Å². The molecule has 0 fully saturated rings. The van der Waals surface area contributed by atoms with Crippen molar-refractivity contribution in [2.75, 3.05) is 0 Å². The fourth-order valence-electron chi connectivity index (χ4n) is 6.60. The minimum atomic E-state index is -0.617. The molecule has 0 N–H and O–H groups in total. The monoisotopic (exact) mass is 3460 g/mol. The third kappa shape index (κ3) is 54.9. The molecule has 60 unspecified atom stereocenters. The first-order valence-electron chi connectivity index (χ1n) is 24.6. The smallest absolute Gasteiger partial charge is 0.000359 e. The van der Waals surface area contributed by atoms with E-state index < -0.39 is 321 Å². The van der Waals surface area contributed by atoms with Gasteiger partial charge in [-0.05, 0) is 371 Å². The zero-order valence-electron chi connectivity index (χ0n) is 55.4. The van der Waals surface area contributed by atoms with Crippen LogP contribution in [-0.4, -0.2) is 0 Å². The lowest BCUT2D eigenvalue weighted by atomic mass is 28.4. The summed E-state index contributed by atoms with van der Waals surface area (Å²) in [5, 5.41) is 0. The SMILES string of the molecule is PPP(P)P(P(P(P)P)P(P)P)P(P(PP(P(P(P(P(P)P)P(P)P)P(P(P)P)P(P)P)P(P(P(P)P)P(P)P)P(P(P)P)P(P)P)P(P(P(P(P)P)P(P)P)P(P(P)P)P(P)P)P(P(P(P)P)P(P)P)P(P(P)P)P(P)P)P(P(P(P)P)P(P)P)P(P(P)P)P(P)P)P(P(P(P)P)P(P)P)P(P(P)P)P(P)P. The molecule has 0 aromatic carbocycles. The van der Waals surface area contributed by atoms with E-state index in [0.29, 0.717) is 0 Å². The lowest BCUT2D eigenvalue weighted by Crippen LogP contribution is -1.74. The molecule has 0 radical (unpaired) electrons. The van der Waals surface area contributed by atoms with Gasteiger partial charge in [0.15, 0.2) is 0 Å². The minimum Gasteiger partial charge on any atom is -0.109 e. The molecule has 0 bridgehead atoms. The molecule has 0 aromatic heterocycles. The van der Waals surface area contributed by atoms with Crippen LogP contribution in [0.5, 0.6) is 0 Å². The van der Waals surface area contributed by atoms with E-state index in [1.54, 1.807) is 0 Å². The third-order valence-corrected chi connectivity index (χ3v) is 777. The molecule has 0 amide bonds. The van der Waals surface area contributed by atoms with Crippen LogP contribution < -0.4 is 0 Å². The van der Waals surface area contributed by atoms with Crippen LogP contribution >= 0.6 is 861 Å². The molecule has 108 heteroatoms. The van der Waals surface area contributed by atoms with E-state index in [4.69, 9.17) is 0 Å². The third-order valence-electron chi connectivity index (χ3n) is 9.59. The maximum atomic E-state index is 4.01. The Morgan fingerprint density at radius 2 is 0.185 bits per heavy atom. The summed E-state index contributed by atoms with van der Waals surface area (Å²) in [5.41, 5.74) is 0. The van der Waals surface area contributed by atoms with Crippen molar-refractivity contribution in [3.8, 4) is 0 Å². The fourth-order valence-corrected chi connectivity index (χ4v) is 1600. The predicted molar refractivity (Wildman–Crippen MR) is 901 cm³/mol. The lowest BCUT2D eigenvalue weighted by Gasteiger charge is -2.61.